The van der Waals surface area contributed by atoms with Gasteiger partial charge in [0.05, 0.1) is 24.2 Å². The van der Waals surface area contributed by atoms with Gasteiger partial charge in [-0.3, -0.25) is 4.79 Å². The molecule has 1 amide bonds. The number of nitrogens with one attached hydrogen (secondary N) is 1. The predicted molar refractivity (Wildman–Crippen MR) is 75.2 cm³/mol. The van der Waals surface area contributed by atoms with Crippen molar-refractivity contribution in [3.05, 3.63) is 18.2 Å². The number of methoxy groups -OCH3 is 1. The lowest BCUT2D eigenvalue weighted by Gasteiger charge is -2.04. The van der Waals surface area contributed by atoms with Gasteiger partial charge in [0.1, 0.15) is 5.75 Å². The molecule has 0 saturated heterocycles. The zero-order valence-corrected chi connectivity index (χ0v) is 11.4. The highest BCUT2D eigenvalue weighted by Crippen LogP contribution is 2.23. The molecule has 0 spiro atoms. The molecule has 7 heteroatoms. The molecule has 19 heavy (non-hydrogen) atoms. The molecular formula is C12H16N4O2S. The number of imidazole rings is 1. The molecule has 0 aliphatic rings. The average molecular weight is 280 g/mol. The Bertz CT molecular complexity index is 584. The van der Waals surface area contributed by atoms with E-state index >= 15 is 0 Å². The molecule has 2 aromatic rings. The third kappa shape index (κ3) is 3.39. The van der Waals surface area contributed by atoms with Crippen molar-refractivity contribution in [2.24, 2.45) is 11.5 Å². The minimum absolute atomic E-state index is 0.477. The number of carbonyl (C=O) groups is 1. The summed E-state index contributed by atoms with van der Waals surface area (Å²) in [5.74, 6) is 0.986. The lowest BCUT2D eigenvalue weighted by Crippen LogP contribution is -2.36. The van der Waals surface area contributed by atoms with Crippen molar-refractivity contribution in [1.29, 1.82) is 0 Å². The molecule has 6 nitrogen and oxygen atoms in total. The molecule has 0 radical (unpaired) electrons. The van der Waals surface area contributed by atoms with E-state index in [2.05, 4.69) is 9.97 Å². The van der Waals surface area contributed by atoms with E-state index < -0.39 is 11.9 Å². The number of primary amides is 1. The van der Waals surface area contributed by atoms with E-state index in [0.29, 0.717) is 12.2 Å². The Morgan fingerprint density at radius 3 is 3.05 bits per heavy atom. The van der Waals surface area contributed by atoms with Gasteiger partial charge in [-0.25, -0.2) is 4.98 Å². The fourth-order valence-corrected chi connectivity index (χ4v) is 2.50. The van der Waals surface area contributed by atoms with Gasteiger partial charge in [0.15, 0.2) is 5.16 Å². The SMILES string of the molecule is COc1ccc2nc(SCCC(N)C(N)=O)[nH]c2c1. The molecule has 2 rings (SSSR count). The summed E-state index contributed by atoms with van der Waals surface area (Å²) in [6.45, 7) is 0. The largest absolute Gasteiger partial charge is 0.497 e. The number of benzene rings is 1. The van der Waals surface area contributed by atoms with Crippen LogP contribution in [0.1, 0.15) is 6.42 Å². The molecule has 1 aromatic heterocycles. The van der Waals surface area contributed by atoms with E-state index in [1.807, 2.05) is 18.2 Å². The Morgan fingerprint density at radius 2 is 2.37 bits per heavy atom. The van der Waals surface area contributed by atoms with E-state index in [4.69, 9.17) is 16.2 Å². The molecule has 1 heterocycles. The number of ether oxygens (including phenoxy) is 1. The third-order valence-corrected chi connectivity index (χ3v) is 3.61. The van der Waals surface area contributed by atoms with Crippen LogP contribution in [-0.4, -0.2) is 34.8 Å². The molecular weight excluding hydrogens is 264 g/mol. The van der Waals surface area contributed by atoms with E-state index in [9.17, 15) is 4.79 Å². The van der Waals surface area contributed by atoms with Crippen molar-refractivity contribution in [3.8, 4) is 5.75 Å². The lowest BCUT2D eigenvalue weighted by molar-refractivity contribution is -0.119. The van der Waals surface area contributed by atoms with E-state index in [1.165, 1.54) is 11.8 Å². The molecule has 102 valence electrons. The predicted octanol–water partition coefficient (Wildman–Crippen LogP) is 0.866. The Kier molecular flexibility index (Phi) is 4.28. The number of aromatic amines is 1. The Labute approximate surface area is 114 Å². The van der Waals surface area contributed by atoms with E-state index in [1.54, 1.807) is 7.11 Å². The molecule has 1 aromatic carbocycles. The van der Waals surface area contributed by atoms with Crippen LogP contribution in [0.25, 0.3) is 11.0 Å². The number of nitrogens with zero attached hydrogens (tertiary/aromatic N) is 1. The van der Waals surface area contributed by atoms with Crippen LogP contribution in [0.3, 0.4) is 0 Å². The molecule has 0 fully saturated rings. The first kappa shape index (κ1) is 13.7. The average Bonchev–Trinajstić information content (AvgIpc) is 2.79. The number of H-pyrrole nitrogens is 1. The van der Waals surface area contributed by atoms with Crippen LogP contribution in [0.15, 0.2) is 23.4 Å². The number of carbonyl (C=O) groups excluding carboxylic acids is 1. The minimum atomic E-state index is -0.600. The van der Waals surface area contributed by atoms with Crippen molar-refractivity contribution in [1.82, 2.24) is 9.97 Å². The van der Waals surface area contributed by atoms with Gasteiger partial charge in [-0.1, -0.05) is 11.8 Å². The van der Waals surface area contributed by atoms with Crippen LogP contribution in [0.5, 0.6) is 5.75 Å². The second-order valence-corrected chi connectivity index (χ2v) is 5.15. The molecule has 0 aliphatic heterocycles. The van der Waals surface area contributed by atoms with Gasteiger partial charge < -0.3 is 21.2 Å². The molecule has 1 atom stereocenters. The zero-order chi connectivity index (χ0) is 13.8. The quantitative estimate of drug-likeness (QED) is 0.680. The summed E-state index contributed by atoms with van der Waals surface area (Å²) in [7, 11) is 1.62. The first-order valence-corrected chi connectivity index (χ1v) is 6.80. The molecule has 0 saturated carbocycles. The normalized spacial score (nSPS) is 12.5. The first-order chi connectivity index (χ1) is 9.10. The highest BCUT2D eigenvalue weighted by Gasteiger charge is 2.10. The van der Waals surface area contributed by atoms with E-state index in [-0.39, 0.29) is 0 Å². The summed E-state index contributed by atoms with van der Waals surface area (Å²) >= 11 is 1.51. The van der Waals surface area contributed by atoms with Crippen LogP contribution >= 0.6 is 11.8 Å². The molecule has 0 aliphatic carbocycles. The summed E-state index contributed by atoms with van der Waals surface area (Å²) in [5.41, 5.74) is 12.5. The van der Waals surface area contributed by atoms with Crippen molar-refractivity contribution in [3.63, 3.8) is 0 Å². The maximum absolute atomic E-state index is 10.8. The number of thioether (sulfide) groups is 1. The van der Waals surface area contributed by atoms with E-state index in [0.717, 1.165) is 21.9 Å². The third-order valence-electron chi connectivity index (χ3n) is 2.70. The monoisotopic (exact) mass is 280 g/mol. The topological polar surface area (TPSA) is 107 Å². The van der Waals surface area contributed by atoms with Gasteiger partial charge in [-0.15, -0.1) is 0 Å². The maximum atomic E-state index is 10.8. The second-order valence-electron chi connectivity index (χ2n) is 4.07. The standard InChI is InChI=1S/C12H16N4O2S/c1-18-7-2-3-9-10(6-7)16-12(15-9)19-5-4-8(13)11(14)17/h2-3,6,8H,4-5,13H2,1H3,(H2,14,17)(H,15,16). The Hall–Kier alpha value is -1.73. The molecule has 5 N–H and O–H groups in total. The number of hydrogen-bond acceptors (Lipinski definition) is 5. The smallest absolute Gasteiger partial charge is 0.234 e. The summed E-state index contributed by atoms with van der Waals surface area (Å²) in [4.78, 5) is 18.4. The number of fused-ring (bicyclic) bond motifs is 1. The first-order valence-electron chi connectivity index (χ1n) is 5.81. The zero-order valence-electron chi connectivity index (χ0n) is 10.6. The van der Waals surface area contributed by atoms with Crippen molar-refractivity contribution < 1.29 is 9.53 Å². The maximum Gasteiger partial charge on any atom is 0.234 e. The molecule has 1 unspecified atom stereocenters. The summed E-state index contributed by atoms with van der Waals surface area (Å²) < 4.78 is 5.15. The van der Waals surface area contributed by atoms with Crippen molar-refractivity contribution in [2.75, 3.05) is 12.9 Å². The van der Waals surface area contributed by atoms with Gasteiger partial charge in [0, 0.05) is 11.8 Å². The van der Waals surface area contributed by atoms with Gasteiger partial charge in [-0.2, -0.15) is 0 Å². The Balaban J connectivity index is 1.99. The number of aromatic nitrogens is 2. The van der Waals surface area contributed by atoms with Gasteiger partial charge in [0.25, 0.3) is 0 Å². The van der Waals surface area contributed by atoms with Crippen molar-refractivity contribution in [2.45, 2.75) is 17.6 Å². The van der Waals surface area contributed by atoms with Gasteiger partial charge in [0.2, 0.25) is 5.91 Å². The minimum Gasteiger partial charge on any atom is -0.497 e. The van der Waals surface area contributed by atoms with Gasteiger partial charge >= 0.3 is 0 Å². The fraction of sp³-hybridized carbons (Fsp3) is 0.333. The fourth-order valence-electron chi connectivity index (χ4n) is 1.59. The highest BCUT2D eigenvalue weighted by molar-refractivity contribution is 7.99. The summed E-state index contributed by atoms with van der Waals surface area (Å²) in [5, 5.41) is 0.792. The summed E-state index contributed by atoms with van der Waals surface area (Å²) in [6.07, 6.45) is 0.528. The van der Waals surface area contributed by atoms with Crippen LogP contribution in [-0.2, 0) is 4.79 Å². The van der Waals surface area contributed by atoms with Crippen LogP contribution in [0.4, 0.5) is 0 Å². The number of amides is 1. The lowest BCUT2D eigenvalue weighted by atomic mass is 10.2. The van der Waals surface area contributed by atoms with Crippen LogP contribution in [0.2, 0.25) is 0 Å². The number of nitrogens with two attached hydrogens (primary N) is 2. The second kappa shape index (κ2) is 5.94. The Morgan fingerprint density at radius 1 is 1.58 bits per heavy atom. The van der Waals surface area contributed by atoms with Crippen LogP contribution in [0, 0.1) is 0 Å². The highest BCUT2D eigenvalue weighted by atomic mass is 32.2. The summed E-state index contributed by atoms with van der Waals surface area (Å²) in [6, 6.07) is 5.04. The van der Waals surface area contributed by atoms with Gasteiger partial charge in [-0.05, 0) is 18.6 Å². The van der Waals surface area contributed by atoms with Crippen molar-refractivity contribution >= 4 is 28.7 Å². The van der Waals surface area contributed by atoms with Crippen LogP contribution < -0.4 is 16.2 Å². The number of rotatable bonds is 6. The number of hydrogen-bond donors (Lipinski definition) is 3. The molecule has 0 bridgehead atoms.